The average Bonchev–Trinajstić information content (AvgIpc) is 2.99. The number of hydrogen-bond donors (Lipinski definition) is 0. The lowest BCUT2D eigenvalue weighted by atomic mass is 9.48. The maximum Gasteiger partial charge on any atom is 1.00 e. The van der Waals surface area contributed by atoms with E-state index in [0.29, 0.717) is 29.1 Å². The molecule has 4 aliphatic carbocycles. The van der Waals surface area contributed by atoms with E-state index in [4.69, 9.17) is 4.74 Å². The Morgan fingerprint density at radius 2 is 1.83 bits per heavy atom. The van der Waals surface area contributed by atoms with Crippen molar-refractivity contribution < 1.29 is 23.4 Å². The second-order valence-corrected chi connectivity index (χ2v) is 10.4. The molecule has 4 heteroatoms. The molecule has 0 bridgehead atoms. The van der Waals surface area contributed by atoms with Crippen LogP contribution in [0.4, 0.5) is 0 Å². The normalized spacial score (nSPS) is 41.3. The number of fused-ring (bicyclic) bond motifs is 5. The van der Waals surface area contributed by atoms with Gasteiger partial charge >= 0.3 is 1.43 Å². The van der Waals surface area contributed by atoms with Crippen molar-refractivity contribution in [2.75, 3.05) is 26.2 Å². The quantitative estimate of drug-likeness (QED) is 0.614. The molecule has 0 N–H and O–H groups in total. The minimum atomic E-state index is -0.0167. The van der Waals surface area contributed by atoms with Gasteiger partial charge in [-0.25, -0.2) is 0 Å². The van der Waals surface area contributed by atoms with Gasteiger partial charge in [-0.2, -0.15) is 0 Å². The number of rotatable bonds is 6. The molecule has 3 nitrogen and oxygen atoms in total. The van der Waals surface area contributed by atoms with Crippen molar-refractivity contribution in [1.82, 2.24) is 4.90 Å². The largest absolute Gasteiger partial charge is 1.00 e. The monoisotopic (exact) mass is 423 g/mol. The van der Waals surface area contributed by atoms with Crippen LogP contribution in [0, 0.1) is 28.6 Å². The van der Waals surface area contributed by atoms with Crippen molar-refractivity contribution in [2.24, 2.45) is 28.6 Å². The molecule has 0 heterocycles. The molecule has 3 fully saturated rings. The molecule has 0 amide bonds. The fraction of sp³-hybridized carbons (Fsp3) is 0.880. The SMILES string of the molecule is CCN(CC)CCOC1CCC2=CCC3C4CCC(=O)C4(C)CCC3C2(C)C1.[Cl-].[H+]. The number of ketones is 1. The summed E-state index contributed by atoms with van der Waals surface area (Å²) in [6, 6.07) is 0. The molecule has 166 valence electrons. The number of Topliss-reactive ketones (excluding diaryl/α,β-unsaturated/α-hetero) is 1. The van der Waals surface area contributed by atoms with Crippen molar-refractivity contribution in [3.8, 4) is 0 Å². The van der Waals surface area contributed by atoms with E-state index in [0.717, 1.165) is 51.4 Å². The second-order valence-electron chi connectivity index (χ2n) is 10.4. The molecule has 0 saturated heterocycles. The molecule has 0 spiro atoms. The average molecular weight is 424 g/mol. The number of nitrogens with zero attached hydrogens (tertiary/aromatic N) is 1. The molecule has 0 aromatic rings. The third-order valence-corrected chi connectivity index (χ3v) is 9.38. The van der Waals surface area contributed by atoms with Crippen LogP contribution >= 0.6 is 0 Å². The highest BCUT2D eigenvalue weighted by atomic mass is 35.5. The lowest BCUT2D eigenvalue weighted by Crippen LogP contribution is -3.00. The second kappa shape index (κ2) is 9.01. The van der Waals surface area contributed by atoms with Gasteiger partial charge in [0, 0.05) is 18.4 Å². The van der Waals surface area contributed by atoms with Crippen LogP contribution in [0.3, 0.4) is 0 Å². The van der Waals surface area contributed by atoms with E-state index in [1.807, 2.05) is 0 Å². The molecular formula is C25H42ClNO2. The van der Waals surface area contributed by atoms with Gasteiger partial charge in [0.15, 0.2) is 0 Å². The summed E-state index contributed by atoms with van der Waals surface area (Å²) in [7, 11) is 0. The molecule has 0 radical (unpaired) electrons. The summed E-state index contributed by atoms with van der Waals surface area (Å²) in [4.78, 5) is 15.1. The van der Waals surface area contributed by atoms with Gasteiger partial charge in [0.05, 0.1) is 12.7 Å². The van der Waals surface area contributed by atoms with Gasteiger partial charge in [-0.3, -0.25) is 4.79 Å². The molecule has 29 heavy (non-hydrogen) atoms. The van der Waals surface area contributed by atoms with Crippen LogP contribution in [-0.4, -0.2) is 43.0 Å². The molecule has 6 unspecified atom stereocenters. The summed E-state index contributed by atoms with van der Waals surface area (Å²) in [6.45, 7) is 13.4. The highest BCUT2D eigenvalue weighted by Gasteiger charge is 2.58. The highest BCUT2D eigenvalue weighted by molar-refractivity contribution is 5.87. The van der Waals surface area contributed by atoms with Gasteiger partial charge in [0.1, 0.15) is 5.78 Å². The zero-order valence-corrected chi connectivity index (χ0v) is 19.8. The molecule has 0 aliphatic heterocycles. The number of hydrogen-bond acceptors (Lipinski definition) is 3. The van der Waals surface area contributed by atoms with Crippen molar-refractivity contribution in [3.05, 3.63) is 11.6 Å². The third-order valence-electron chi connectivity index (χ3n) is 9.38. The van der Waals surface area contributed by atoms with E-state index in [9.17, 15) is 4.79 Å². The molecule has 4 rings (SSSR count). The molecule has 0 aromatic heterocycles. The number of likely N-dealkylation sites (N-methyl/N-ethyl adjacent to an activating group) is 1. The fourth-order valence-corrected chi connectivity index (χ4v) is 7.52. The molecule has 0 aromatic carbocycles. The van der Waals surface area contributed by atoms with E-state index in [2.05, 4.69) is 38.7 Å². The zero-order valence-electron chi connectivity index (χ0n) is 20.0. The van der Waals surface area contributed by atoms with Crippen molar-refractivity contribution in [1.29, 1.82) is 0 Å². The van der Waals surface area contributed by atoms with E-state index < -0.39 is 0 Å². The van der Waals surface area contributed by atoms with Crippen molar-refractivity contribution in [2.45, 2.75) is 85.2 Å². The number of allylic oxidation sites excluding steroid dienone is 2. The Balaban J connectivity index is 0.00000160. The van der Waals surface area contributed by atoms with Crippen LogP contribution in [0.2, 0.25) is 0 Å². The van der Waals surface area contributed by atoms with Gasteiger partial charge in [-0.1, -0.05) is 39.3 Å². The van der Waals surface area contributed by atoms with Crippen LogP contribution in [0.1, 0.15) is 80.5 Å². The lowest BCUT2D eigenvalue weighted by molar-refractivity contribution is -0.132. The molecule has 4 aliphatic rings. The predicted molar refractivity (Wildman–Crippen MR) is 115 cm³/mol. The number of carbonyl (C=O) groups is 1. The highest BCUT2D eigenvalue weighted by Crippen LogP contribution is 2.64. The summed E-state index contributed by atoms with van der Waals surface area (Å²) in [6.07, 6.45) is 12.1. The van der Waals surface area contributed by atoms with Gasteiger partial charge < -0.3 is 22.0 Å². The van der Waals surface area contributed by atoms with Gasteiger partial charge in [-0.05, 0) is 81.2 Å². The van der Waals surface area contributed by atoms with Crippen LogP contribution in [0.15, 0.2) is 11.6 Å². The minimum absolute atomic E-state index is 0. The maximum absolute atomic E-state index is 12.6. The lowest BCUT2D eigenvalue weighted by Gasteiger charge is -2.57. The van der Waals surface area contributed by atoms with E-state index in [-0.39, 0.29) is 19.2 Å². The number of halogens is 1. The van der Waals surface area contributed by atoms with E-state index in [1.165, 1.54) is 32.1 Å². The summed E-state index contributed by atoms with van der Waals surface area (Å²) in [5.74, 6) is 2.65. The van der Waals surface area contributed by atoms with E-state index in [1.54, 1.807) is 5.57 Å². The molecule has 3 saturated carbocycles. The fourth-order valence-electron chi connectivity index (χ4n) is 7.52. The third kappa shape index (κ3) is 3.96. The Morgan fingerprint density at radius 1 is 1.10 bits per heavy atom. The van der Waals surface area contributed by atoms with Crippen LogP contribution in [0.5, 0.6) is 0 Å². The summed E-state index contributed by atoms with van der Waals surface area (Å²) >= 11 is 0. The van der Waals surface area contributed by atoms with Crippen LogP contribution in [0.25, 0.3) is 0 Å². The van der Waals surface area contributed by atoms with Crippen LogP contribution in [-0.2, 0) is 9.53 Å². The van der Waals surface area contributed by atoms with E-state index >= 15 is 0 Å². The van der Waals surface area contributed by atoms with Gasteiger partial charge in [-0.15, -0.1) is 0 Å². The summed E-state index contributed by atoms with van der Waals surface area (Å²) in [5, 5.41) is 0. The predicted octanol–water partition coefficient (Wildman–Crippen LogP) is 2.36. The Hall–Kier alpha value is -0.380. The first-order valence-electron chi connectivity index (χ1n) is 12.0. The Labute approximate surface area is 185 Å². The summed E-state index contributed by atoms with van der Waals surface area (Å²) in [5.41, 5.74) is 2.00. The summed E-state index contributed by atoms with van der Waals surface area (Å²) < 4.78 is 6.41. The molecular weight excluding hydrogens is 382 g/mol. The van der Waals surface area contributed by atoms with Gasteiger partial charge in [0.25, 0.3) is 0 Å². The smallest absolute Gasteiger partial charge is 1.00 e. The number of ether oxygens (including phenoxy) is 1. The minimum Gasteiger partial charge on any atom is -1.00 e. The number of carbonyl (C=O) groups excluding carboxylic acids is 1. The Morgan fingerprint density at radius 3 is 2.55 bits per heavy atom. The first-order chi connectivity index (χ1) is 13.4. The van der Waals surface area contributed by atoms with Gasteiger partial charge in [0.2, 0.25) is 0 Å². The van der Waals surface area contributed by atoms with Crippen LogP contribution < -0.4 is 12.4 Å². The maximum atomic E-state index is 12.6. The standard InChI is InChI=1S/C25H41NO2.ClH/c1-5-26(6-2)15-16-28-19-9-7-18-8-10-20-21-11-12-23(27)24(21,3)14-13-22(20)25(18,4)17-19;/h8,19-22H,5-7,9-17H2,1-4H3;1H. The first kappa shape index (κ1) is 23.3. The Bertz CT molecular complexity index is 637. The van der Waals surface area contributed by atoms with Crippen molar-refractivity contribution >= 4 is 5.78 Å². The Kier molecular flexibility index (Phi) is 7.23. The van der Waals surface area contributed by atoms with Crippen molar-refractivity contribution in [3.63, 3.8) is 0 Å². The zero-order chi connectivity index (χ0) is 19.9. The molecule has 6 atom stereocenters. The first-order valence-corrected chi connectivity index (χ1v) is 12.0. The topological polar surface area (TPSA) is 29.5 Å².